The molecule has 5 heteroatoms. The summed E-state index contributed by atoms with van der Waals surface area (Å²) in [5.74, 6) is 0.241. The van der Waals surface area contributed by atoms with Crippen LogP contribution in [-0.4, -0.2) is 10.9 Å². The van der Waals surface area contributed by atoms with Crippen molar-refractivity contribution in [3.05, 3.63) is 69.8 Å². The van der Waals surface area contributed by atoms with E-state index in [0.717, 1.165) is 11.3 Å². The first-order chi connectivity index (χ1) is 11.0. The van der Waals surface area contributed by atoms with E-state index in [0.29, 0.717) is 28.6 Å². The van der Waals surface area contributed by atoms with E-state index in [2.05, 4.69) is 5.32 Å². The molecule has 118 valence electrons. The maximum atomic E-state index is 12.0. The minimum absolute atomic E-state index is 0.0558. The van der Waals surface area contributed by atoms with Crippen LogP contribution in [0.2, 0.25) is 10.0 Å². The van der Waals surface area contributed by atoms with Gasteiger partial charge in [-0.2, -0.15) is 0 Å². The minimum Gasteiger partial charge on any atom is -0.506 e. The van der Waals surface area contributed by atoms with Crippen molar-refractivity contribution in [2.24, 2.45) is 0 Å². The summed E-state index contributed by atoms with van der Waals surface area (Å²) in [4.78, 5) is 12.0. The molecule has 0 radical (unpaired) electrons. The van der Waals surface area contributed by atoms with Gasteiger partial charge in [-0.1, -0.05) is 35.3 Å². The number of rotatable bonds is 3. The van der Waals surface area contributed by atoms with Gasteiger partial charge in [0.2, 0.25) is 0 Å². The molecule has 0 spiro atoms. The van der Waals surface area contributed by atoms with Gasteiger partial charge >= 0.3 is 0 Å². The Morgan fingerprint density at radius 2 is 1.70 bits per heavy atom. The Labute approximate surface area is 144 Å². The second-order valence-corrected chi connectivity index (χ2v) is 6.45. The lowest BCUT2D eigenvalue weighted by molar-refractivity contribution is -0.115. The number of halogens is 2. The number of aromatic hydroxyl groups is 1. The number of hydrogen-bond acceptors (Lipinski definition) is 3. The maximum Gasteiger partial charge on any atom is 0.158 e. The monoisotopic (exact) mass is 347 g/mol. The van der Waals surface area contributed by atoms with Crippen molar-refractivity contribution in [2.45, 2.75) is 18.8 Å². The zero-order chi connectivity index (χ0) is 16.4. The molecule has 3 rings (SSSR count). The summed E-state index contributed by atoms with van der Waals surface area (Å²) in [7, 11) is 0. The van der Waals surface area contributed by atoms with Crippen molar-refractivity contribution in [1.29, 1.82) is 0 Å². The highest BCUT2D eigenvalue weighted by Crippen LogP contribution is 2.34. The highest BCUT2D eigenvalue weighted by atomic mass is 35.5. The van der Waals surface area contributed by atoms with Gasteiger partial charge in [-0.3, -0.25) is 4.79 Å². The predicted molar refractivity (Wildman–Crippen MR) is 93.3 cm³/mol. The van der Waals surface area contributed by atoms with Crippen LogP contribution >= 0.6 is 23.2 Å². The quantitative estimate of drug-likeness (QED) is 0.755. The zero-order valence-electron chi connectivity index (χ0n) is 12.2. The Hall–Kier alpha value is -1.97. The Morgan fingerprint density at radius 1 is 1.00 bits per heavy atom. The lowest BCUT2D eigenvalue weighted by atomic mass is 9.85. The van der Waals surface area contributed by atoms with Crippen molar-refractivity contribution in [2.75, 3.05) is 5.32 Å². The summed E-state index contributed by atoms with van der Waals surface area (Å²) < 4.78 is 0. The molecule has 2 N–H and O–H groups in total. The van der Waals surface area contributed by atoms with Gasteiger partial charge in [0, 0.05) is 28.2 Å². The van der Waals surface area contributed by atoms with E-state index in [4.69, 9.17) is 23.2 Å². The summed E-state index contributed by atoms with van der Waals surface area (Å²) in [6.07, 6.45) is 2.74. The van der Waals surface area contributed by atoms with E-state index < -0.39 is 0 Å². The number of phenols is 1. The van der Waals surface area contributed by atoms with Crippen LogP contribution in [0.15, 0.2) is 54.2 Å². The number of ketones is 1. The van der Waals surface area contributed by atoms with Gasteiger partial charge in [-0.25, -0.2) is 0 Å². The Kier molecular flexibility index (Phi) is 4.60. The highest BCUT2D eigenvalue weighted by molar-refractivity contribution is 6.31. The molecule has 2 aromatic rings. The van der Waals surface area contributed by atoms with Crippen LogP contribution in [0.25, 0.3) is 0 Å². The molecule has 0 fully saturated rings. The molecule has 0 unspecified atom stereocenters. The first-order valence-electron chi connectivity index (χ1n) is 7.25. The van der Waals surface area contributed by atoms with E-state index >= 15 is 0 Å². The standard InChI is InChI=1S/C18H15Cl2NO2/c19-13-3-1-11(2-4-13)12-7-15(10-16(22)8-12)21-17-9-14(20)5-6-18(17)23/h1-6,9-10,12,21,23H,7-8H2/t12-/m0/s1. The van der Waals surface area contributed by atoms with Crippen molar-refractivity contribution < 1.29 is 9.90 Å². The molecule has 0 saturated heterocycles. The summed E-state index contributed by atoms with van der Waals surface area (Å²) in [6, 6.07) is 12.3. The number of anilines is 1. The number of benzene rings is 2. The molecule has 2 aromatic carbocycles. The second kappa shape index (κ2) is 6.65. The smallest absolute Gasteiger partial charge is 0.158 e. The molecule has 23 heavy (non-hydrogen) atoms. The minimum atomic E-state index is 0.0558. The van der Waals surface area contributed by atoms with Gasteiger partial charge in [-0.05, 0) is 48.2 Å². The van der Waals surface area contributed by atoms with Gasteiger partial charge < -0.3 is 10.4 Å². The van der Waals surface area contributed by atoms with Crippen molar-refractivity contribution in [1.82, 2.24) is 0 Å². The third kappa shape index (κ3) is 3.87. The van der Waals surface area contributed by atoms with Crippen LogP contribution in [0.5, 0.6) is 5.75 Å². The molecule has 1 aliphatic rings. The van der Waals surface area contributed by atoms with Gasteiger partial charge in [0.05, 0.1) is 5.69 Å². The molecule has 3 nitrogen and oxygen atoms in total. The fourth-order valence-corrected chi connectivity index (χ4v) is 3.03. The van der Waals surface area contributed by atoms with E-state index in [1.807, 2.05) is 24.3 Å². The molecule has 1 aliphatic carbocycles. The maximum absolute atomic E-state index is 12.0. The fourth-order valence-electron chi connectivity index (χ4n) is 2.73. The van der Waals surface area contributed by atoms with E-state index in [-0.39, 0.29) is 17.5 Å². The van der Waals surface area contributed by atoms with Crippen LogP contribution in [0.3, 0.4) is 0 Å². The molecule has 1 atom stereocenters. The van der Waals surface area contributed by atoms with Crippen molar-refractivity contribution in [3.63, 3.8) is 0 Å². The largest absolute Gasteiger partial charge is 0.506 e. The SMILES string of the molecule is O=C1C=C(Nc2cc(Cl)ccc2O)C[C@H](c2ccc(Cl)cc2)C1. The van der Waals surface area contributed by atoms with E-state index in [9.17, 15) is 9.90 Å². The molecule has 0 saturated carbocycles. The lowest BCUT2D eigenvalue weighted by Gasteiger charge is -2.23. The van der Waals surface area contributed by atoms with Crippen LogP contribution in [-0.2, 0) is 4.79 Å². The molecular weight excluding hydrogens is 333 g/mol. The normalized spacial score (nSPS) is 17.7. The van der Waals surface area contributed by atoms with Crippen molar-refractivity contribution >= 4 is 34.7 Å². The number of nitrogens with one attached hydrogen (secondary N) is 1. The van der Waals surface area contributed by atoms with E-state index in [1.165, 1.54) is 6.07 Å². The number of carbonyl (C=O) groups excluding carboxylic acids is 1. The molecule has 0 heterocycles. The van der Waals surface area contributed by atoms with Crippen LogP contribution in [0, 0.1) is 0 Å². The molecule has 0 aromatic heterocycles. The second-order valence-electron chi connectivity index (χ2n) is 5.58. The topological polar surface area (TPSA) is 49.3 Å². The van der Waals surface area contributed by atoms with Crippen LogP contribution in [0.1, 0.15) is 24.3 Å². The fraction of sp³-hybridized carbons (Fsp3) is 0.167. The van der Waals surface area contributed by atoms with Crippen molar-refractivity contribution in [3.8, 4) is 5.75 Å². The first-order valence-corrected chi connectivity index (χ1v) is 8.01. The number of carbonyl (C=O) groups is 1. The Bertz CT molecular complexity index is 769. The van der Waals surface area contributed by atoms with Gasteiger partial charge in [0.15, 0.2) is 5.78 Å². The van der Waals surface area contributed by atoms with Crippen LogP contribution < -0.4 is 5.32 Å². The Balaban J connectivity index is 1.81. The zero-order valence-corrected chi connectivity index (χ0v) is 13.7. The number of phenolic OH excluding ortho intramolecular Hbond substituents is 1. The highest BCUT2D eigenvalue weighted by Gasteiger charge is 2.22. The summed E-state index contributed by atoms with van der Waals surface area (Å²) in [5, 5.41) is 14.2. The van der Waals surface area contributed by atoms with Gasteiger partial charge in [0.1, 0.15) is 5.75 Å². The third-order valence-electron chi connectivity index (χ3n) is 3.84. The Morgan fingerprint density at radius 3 is 2.43 bits per heavy atom. The van der Waals surface area contributed by atoms with Crippen LogP contribution in [0.4, 0.5) is 5.69 Å². The van der Waals surface area contributed by atoms with Gasteiger partial charge in [-0.15, -0.1) is 0 Å². The summed E-state index contributed by atoms with van der Waals surface area (Å²) in [6.45, 7) is 0. The lowest BCUT2D eigenvalue weighted by Crippen LogP contribution is -2.16. The molecule has 0 amide bonds. The molecular formula is C18H15Cl2NO2. The number of hydrogen-bond donors (Lipinski definition) is 2. The number of allylic oxidation sites excluding steroid dienone is 2. The average molecular weight is 348 g/mol. The molecule has 0 bridgehead atoms. The predicted octanol–water partition coefficient (Wildman–Crippen LogP) is 5.14. The third-order valence-corrected chi connectivity index (χ3v) is 4.33. The summed E-state index contributed by atoms with van der Waals surface area (Å²) >= 11 is 11.9. The molecule has 0 aliphatic heterocycles. The van der Waals surface area contributed by atoms with Gasteiger partial charge in [0.25, 0.3) is 0 Å². The van der Waals surface area contributed by atoms with E-state index in [1.54, 1.807) is 18.2 Å². The first kappa shape index (κ1) is 15.9. The average Bonchev–Trinajstić information content (AvgIpc) is 2.51. The summed E-state index contributed by atoms with van der Waals surface area (Å²) in [5.41, 5.74) is 2.33.